The largest absolute Gasteiger partial charge is 0.393 e. The van der Waals surface area contributed by atoms with Crippen LogP contribution in [0.2, 0.25) is 0 Å². The van der Waals surface area contributed by atoms with Crippen LogP contribution in [0.25, 0.3) is 0 Å². The number of aliphatic hydroxyl groups is 1. The molecule has 92 valence electrons. The van der Waals surface area contributed by atoms with Gasteiger partial charge in [-0.25, -0.2) is 4.98 Å². The second-order valence-corrected chi connectivity index (χ2v) is 6.76. The van der Waals surface area contributed by atoms with E-state index in [4.69, 9.17) is 0 Å². The van der Waals surface area contributed by atoms with Gasteiger partial charge in [-0.05, 0) is 48.7 Å². The third-order valence-electron chi connectivity index (χ3n) is 2.38. The summed E-state index contributed by atoms with van der Waals surface area (Å²) in [5.74, 6) is 0.478. The number of rotatable bonds is 6. The van der Waals surface area contributed by atoms with E-state index >= 15 is 0 Å². The molecule has 0 fully saturated rings. The zero-order chi connectivity index (χ0) is 12.1. The highest BCUT2D eigenvalue weighted by Crippen LogP contribution is 2.24. The van der Waals surface area contributed by atoms with Gasteiger partial charge in [-0.15, -0.1) is 11.3 Å². The van der Waals surface area contributed by atoms with Gasteiger partial charge in [0, 0.05) is 0 Å². The Hall–Kier alpha value is 0.0300. The Bertz CT molecular complexity index is 317. The summed E-state index contributed by atoms with van der Waals surface area (Å²) in [6, 6.07) is 0.271. The molecule has 2 N–H and O–H groups in total. The zero-order valence-corrected chi connectivity index (χ0v) is 12.3. The van der Waals surface area contributed by atoms with Crippen LogP contribution in [0, 0.1) is 5.92 Å². The molecule has 0 radical (unpaired) electrons. The van der Waals surface area contributed by atoms with Crippen LogP contribution in [-0.4, -0.2) is 22.7 Å². The minimum atomic E-state index is -0.221. The van der Waals surface area contributed by atoms with Gasteiger partial charge in [0.25, 0.3) is 0 Å². The molecule has 0 aromatic carbocycles. The third-order valence-corrected chi connectivity index (χ3v) is 4.04. The van der Waals surface area contributed by atoms with Crippen molar-refractivity contribution >= 4 is 27.3 Å². The van der Waals surface area contributed by atoms with Crippen LogP contribution in [0.5, 0.6) is 0 Å². The summed E-state index contributed by atoms with van der Waals surface area (Å²) in [5, 5.41) is 13.8. The number of nitrogens with zero attached hydrogens (tertiary/aromatic N) is 1. The standard InChI is InChI=1S/C11H19BrN2OS/c1-7(4-8(2)15)5-13-9(3)11-14-6-10(12)16-11/h6-9,13,15H,4-5H2,1-3H3. The Labute approximate surface area is 109 Å². The monoisotopic (exact) mass is 306 g/mol. The molecule has 0 amide bonds. The van der Waals surface area contributed by atoms with Crippen molar-refractivity contribution in [2.24, 2.45) is 5.92 Å². The molecule has 0 aliphatic rings. The van der Waals surface area contributed by atoms with Gasteiger partial charge < -0.3 is 10.4 Å². The first kappa shape index (κ1) is 14.1. The minimum absolute atomic E-state index is 0.221. The number of hydrogen-bond donors (Lipinski definition) is 2. The molecule has 0 saturated carbocycles. The lowest BCUT2D eigenvalue weighted by Crippen LogP contribution is -2.26. The molecule has 0 bridgehead atoms. The fraction of sp³-hybridized carbons (Fsp3) is 0.727. The molecule has 3 unspecified atom stereocenters. The van der Waals surface area contributed by atoms with Crippen molar-refractivity contribution in [3.8, 4) is 0 Å². The average Bonchev–Trinajstić information content (AvgIpc) is 2.60. The van der Waals surface area contributed by atoms with Gasteiger partial charge in [0.05, 0.1) is 22.1 Å². The maximum atomic E-state index is 9.26. The molecule has 3 atom stereocenters. The lowest BCUT2D eigenvalue weighted by molar-refractivity contribution is 0.162. The first-order valence-electron chi connectivity index (χ1n) is 5.51. The van der Waals surface area contributed by atoms with E-state index in [0.717, 1.165) is 21.8 Å². The Balaban J connectivity index is 2.32. The first-order valence-corrected chi connectivity index (χ1v) is 7.12. The van der Waals surface area contributed by atoms with E-state index in [9.17, 15) is 5.11 Å². The summed E-state index contributed by atoms with van der Waals surface area (Å²) in [4.78, 5) is 4.31. The highest BCUT2D eigenvalue weighted by atomic mass is 79.9. The molecule has 0 spiro atoms. The summed E-state index contributed by atoms with van der Waals surface area (Å²) in [6.45, 7) is 6.99. The molecule has 3 nitrogen and oxygen atoms in total. The number of halogens is 1. The Morgan fingerprint density at radius 3 is 2.69 bits per heavy atom. The van der Waals surface area contributed by atoms with E-state index in [0.29, 0.717) is 5.92 Å². The molecule has 0 aliphatic carbocycles. The fourth-order valence-electron chi connectivity index (χ4n) is 1.60. The van der Waals surface area contributed by atoms with Gasteiger partial charge in [0.15, 0.2) is 0 Å². The third kappa shape index (κ3) is 4.91. The van der Waals surface area contributed by atoms with Gasteiger partial charge in [0.1, 0.15) is 5.01 Å². The first-order chi connectivity index (χ1) is 7.49. The second kappa shape index (κ2) is 6.69. The number of aliphatic hydroxyl groups excluding tert-OH is 1. The maximum Gasteiger partial charge on any atom is 0.110 e. The Kier molecular flexibility index (Phi) is 5.89. The lowest BCUT2D eigenvalue weighted by Gasteiger charge is -2.17. The molecule has 1 aromatic rings. The average molecular weight is 307 g/mol. The highest BCUT2D eigenvalue weighted by Gasteiger charge is 2.12. The van der Waals surface area contributed by atoms with Gasteiger partial charge in [-0.1, -0.05) is 6.92 Å². The molecular weight excluding hydrogens is 288 g/mol. The molecule has 1 heterocycles. The second-order valence-electron chi connectivity index (χ2n) is 4.32. The van der Waals surface area contributed by atoms with E-state index in [1.807, 2.05) is 13.1 Å². The van der Waals surface area contributed by atoms with Crippen molar-refractivity contribution in [1.29, 1.82) is 0 Å². The van der Waals surface area contributed by atoms with Gasteiger partial charge in [-0.3, -0.25) is 0 Å². The number of hydrogen-bond acceptors (Lipinski definition) is 4. The van der Waals surface area contributed by atoms with Gasteiger partial charge in [0.2, 0.25) is 0 Å². The minimum Gasteiger partial charge on any atom is -0.393 e. The summed E-state index contributed by atoms with van der Waals surface area (Å²) in [7, 11) is 0. The maximum absolute atomic E-state index is 9.26. The number of nitrogens with one attached hydrogen (secondary N) is 1. The van der Waals surface area contributed by atoms with E-state index in [2.05, 4.69) is 40.1 Å². The van der Waals surface area contributed by atoms with Crippen molar-refractivity contribution in [2.45, 2.75) is 39.3 Å². The topological polar surface area (TPSA) is 45.1 Å². The molecule has 1 rings (SSSR count). The van der Waals surface area contributed by atoms with Crippen LogP contribution in [0.4, 0.5) is 0 Å². The predicted octanol–water partition coefficient (Wildman–Crippen LogP) is 2.96. The lowest BCUT2D eigenvalue weighted by atomic mass is 10.0. The number of aromatic nitrogens is 1. The van der Waals surface area contributed by atoms with Gasteiger partial charge in [-0.2, -0.15) is 0 Å². The SMILES string of the molecule is CC(O)CC(C)CNC(C)c1ncc(Br)s1. The van der Waals surface area contributed by atoms with Crippen molar-refractivity contribution < 1.29 is 5.11 Å². The summed E-state index contributed by atoms with van der Waals surface area (Å²) in [6.07, 6.45) is 2.44. The molecular formula is C11H19BrN2OS. The molecule has 16 heavy (non-hydrogen) atoms. The summed E-state index contributed by atoms with van der Waals surface area (Å²) < 4.78 is 1.06. The van der Waals surface area contributed by atoms with Crippen molar-refractivity contribution in [3.05, 3.63) is 15.0 Å². The molecule has 0 aliphatic heterocycles. The van der Waals surface area contributed by atoms with Crippen molar-refractivity contribution in [3.63, 3.8) is 0 Å². The summed E-state index contributed by atoms with van der Waals surface area (Å²) >= 11 is 5.06. The van der Waals surface area contributed by atoms with Crippen LogP contribution in [-0.2, 0) is 0 Å². The normalized spacial score (nSPS) is 17.1. The Morgan fingerprint density at radius 1 is 1.50 bits per heavy atom. The van der Waals surface area contributed by atoms with E-state index < -0.39 is 0 Å². The molecule has 5 heteroatoms. The molecule has 1 aromatic heterocycles. The quantitative estimate of drug-likeness (QED) is 0.849. The van der Waals surface area contributed by atoms with E-state index in [1.54, 1.807) is 11.3 Å². The Morgan fingerprint density at radius 2 is 2.19 bits per heavy atom. The van der Waals surface area contributed by atoms with Crippen molar-refractivity contribution in [1.82, 2.24) is 10.3 Å². The summed E-state index contributed by atoms with van der Waals surface area (Å²) in [5.41, 5.74) is 0. The van der Waals surface area contributed by atoms with Crippen LogP contribution in [0.3, 0.4) is 0 Å². The van der Waals surface area contributed by atoms with Crippen LogP contribution in [0.15, 0.2) is 9.98 Å². The van der Waals surface area contributed by atoms with E-state index in [1.165, 1.54) is 0 Å². The smallest absolute Gasteiger partial charge is 0.110 e. The van der Waals surface area contributed by atoms with Crippen molar-refractivity contribution in [2.75, 3.05) is 6.54 Å². The van der Waals surface area contributed by atoms with Crippen LogP contribution < -0.4 is 5.32 Å². The zero-order valence-electron chi connectivity index (χ0n) is 9.90. The predicted molar refractivity (Wildman–Crippen MR) is 71.7 cm³/mol. The molecule has 0 saturated heterocycles. The van der Waals surface area contributed by atoms with Crippen LogP contribution in [0.1, 0.15) is 38.2 Å². The van der Waals surface area contributed by atoms with E-state index in [-0.39, 0.29) is 12.1 Å². The van der Waals surface area contributed by atoms with Crippen LogP contribution >= 0.6 is 27.3 Å². The number of thiazole rings is 1. The van der Waals surface area contributed by atoms with Gasteiger partial charge >= 0.3 is 0 Å². The highest BCUT2D eigenvalue weighted by molar-refractivity contribution is 9.11. The fourth-order valence-corrected chi connectivity index (χ4v) is 2.87.